The summed E-state index contributed by atoms with van der Waals surface area (Å²) in [4.78, 5) is 0. The highest BCUT2D eigenvalue weighted by molar-refractivity contribution is 5.58. The minimum atomic E-state index is -0.132. The van der Waals surface area contributed by atoms with E-state index in [2.05, 4.69) is 29.4 Å². The van der Waals surface area contributed by atoms with Crippen LogP contribution in [0.1, 0.15) is 32.7 Å². The molecule has 0 amide bonds. The third-order valence-corrected chi connectivity index (χ3v) is 3.68. The van der Waals surface area contributed by atoms with Crippen LogP contribution in [0.5, 0.6) is 0 Å². The van der Waals surface area contributed by atoms with Crippen molar-refractivity contribution in [1.29, 1.82) is 0 Å². The van der Waals surface area contributed by atoms with Gasteiger partial charge in [-0.3, -0.25) is 0 Å². The molecule has 6 nitrogen and oxygen atoms in total. The molecule has 2 aromatic rings. The fourth-order valence-electron chi connectivity index (χ4n) is 2.67. The second-order valence-electron chi connectivity index (χ2n) is 5.82. The van der Waals surface area contributed by atoms with Crippen molar-refractivity contribution in [3.8, 4) is 11.4 Å². The van der Waals surface area contributed by atoms with E-state index < -0.39 is 0 Å². The summed E-state index contributed by atoms with van der Waals surface area (Å²) in [5, 5.41) is 12.2. The molecule has 0 bridgehead atoms. The van der Waals surface area contributed by atoms with Crippen LogP contribution in [-0.2, 0) is 4.74 Å². The van der Waals surface area contributed by atoms with Gasteiger partial charge in [0.05, 0.1) is 11.6 Å². The Morgan fingerprint density at radius 2 is 2.05 bits per heavy atom. The summed E-state index contributed by atoms with van der Waals surface area (Å²) in [6, 6.07) is 7.88. The summed E-state index contributed by atoms with van der Waals surface area (Å²) < 4.78 is 7.67. The lowest BCUT2D eigenvalue weighted by molar-refractivity contribution is -0.0707. The lowest BCUT2D eigenvalue weighted by Crippen LogP contribution is -2.35. The fraction of sp³-hybridized carbons (Fsp3) is 0.500. The van der Waals surface area contributed by atoms with E-state index in [9.17, 15) is 0 Å². The predicted octanol–water partition coefficient (Wildman–Crippen LogP) is 2.05. The standard InChI is InChI=1S/C14H19N5O/c1-14(2)9-12(7-8-20-14)19-13(16-17-18-19)10-3-5-11(15)6-4-10/h3-6,12H,7-9,15H2,1-2H3. The van der Waals surface area contributed by atoms with Crippen molar-refractivity contribution >= 4 is 5.69 Å². The molecule has 0 saturated carbocycles. The van der Waals surface area contributed by atoms with Gasteiger partial charge in [0, 0.05) is 17.9 Å². The maximum absolute atomic E-state index is 5.76. The number of benzene rings is 1. The van der Waals surface area contributed by atoms with Crippen LogP contribution >= 0.6 is 0 Å². The molecule has 2 heterocycles. The molecular formula is C14H19N5O. The molecule has 20 heavy (non-hydrogen) atoms. The van der Waals surface area contributed by atoms with E-state index >= 15 is 0 Å². The number of nitrogens with two attached hydrogens (primary N) is 1. The van der Waals surface area contributed by atoms with E-state index in [0.717, 1.165) is 36.5 Å². The van der Waals surface area contributed by atoms with Crippen molar-refractivity contribution in [2.75, 3.05) is 12.3 Å². The van der Waals surface area contributed by atoms with Crippen LogP contribution in [0.4, 0.5) is 5.69 Å². The summed E-state index contributed by atoms with van der Waals surface area (Å²) in [5.74, 6) is 0.785. The first kappa shape index (κ1) is 13.1. The Hall–Kier alpha value is -1.95. The highest BCUT2D eigenvalue weighted by Gasteiger charge is 2.31. The number of hydrogen-bond acceptors (Lipinski definition) is 5. The molecule has 1 fully saturated rings. The number of ether oxygens (including phenoxy) is 1. The SMILES string of the molecule is CC1(C)CC(n2nnnc2-c2ccc(N)cc2)CCO1. The number of tetrazole rings is 1. The van der Waals surface area contributed by atoms with Gasteiger partial charge < -0.3 is 10.5 Å². The zero-order chi connectivity index (χ0) is 14.2. The van der Waals surface area contributed by atoms with Crippen molar-refractivity contribution in [3.05, 3.63) is 24.3 Å². The van der Waals surface area contributed by atoms with Crippen molar-refractivity contribution in [3.63, 3.8) is 0 Å². The van der Waals surface area contributed by atoms with Crippen molar-refractivity contribution in [1.82, 2.24) is 20.2 Å². The number of nitrogens with zero attached hydrogens (tertiary/aromatic N) is 4. The van der Waals surface area contributed by atoms with Gasteiger partial charge in [-0.15, -0.1) is 5.10 Å². The number of anilines is 1. The predicted molar refractivity (Wildman–Crippen MR) is 76.0 cm³/mol. The number of hydrogen-bond donors (Lipinski definition) is 1. The third kappa shape index (κ3) is 2.51. The van der Waals surface area contributed by atoms with Crippen LogP contribution < -0.4 is 5.73 Å². The molecule has 1 aliphatic rings. The molecule has 1 aromatic carbocycles. The van der Waals surface area contributed by atoms with Crippen LogP contribution in [0, 0.1) is 0 Å². The molecule has 0 aliphatic carbocycles. The first-order valence-corrected chi connectivity index (χ1v) is 6.83. The van der Waals surface area contributed by atoms with Crippen molar-refractivity contribution < 1.29 is 4.74 Å². The molecule has 106 valence electrons. The molecule has 1 atom stereocenters. The molecule has 6 heteroatoms. The second-order valence-corrected chi connectivity index (χ2v) is 5.82. The largest absolute Gasteiger partial charge is 0.399 e. The molecular weight excluding hydrogens is 254 g/mol. The summed E-state index contributed by atoms with van der Waals surface area (Å²) in [5.41, 5.74) is 7.31. The molecule has 3 rings (SSSR count). The summed E-state index contributed by atoms with van der Waals surface area (Å²) in [7, 11) is 0. The maximum Gasteiger partial charge on any atom is 0.182 e. The lowest BCUT2D eigenvalue weighted by atomic mass is 9.94. The average molecular weight is 273 g/mol. The van der Waals surface area contributed by atoms with Gasteiger partial charge in [-0.2, -0.15) is 0 Å². The Labute approximate surface area is 117 Å². The van der Waals surface area contributed by atoms with Crippen LogP contribution in [0.15, 0.2) is 24.3 Å². The first-order chi connectivity index (χ1) is 9.55. The van der Waals surface area contributed by atoms with E-state index in [4.69, 9.17) is 10.5 Å². The first-order valence-electron chi connectivity index (χ1n) is 6.83. The molecule has 1 saturated heterocycles. The van der Waals surface area contributed by atoms with Gasteiger partial charge in [0.2, 0.25) is 0 Å². The lowest BCUT2D eigenvalue weighted by Gasteiger charge is -2.35. The highest BCUT2D eigenvalue weighted by Crippen LogP contribution is 2.33. The second kappa shape index (κ2) is 4.86. The highest BCUT2D eigenvalue weighted by atomic mass is 16.5. The van der Waals surface area contributed by atoms with Gasteiger partial charge in [0.15, 0.2) is 5.82 Å². The summed E-state index contributed by atoms with van der Waals surface area (Å²) >= 11 is 0. The monoisotopic (exact) mass is 273 g/mol. The maximum atomic E-state index is 5.76. The van der Waals surface area contributed by atoms with Crippen molar-refractivity contribution in [2.45, 2.75) is 38.3 Å². The van der Waals surface area contributed by atoms with Gasteiger partial charge >= 0.3 is 0 Å². The number of rotatable bonds is 2. The topological polar surface area (TPSA) is 78.9 Å². The van der Waals surface area contributed by atoms with E-state index in [0.29, 0.717) is 0 Å². The fourth-order valence-corrected chi connectivity index (χ4v) is 2.67. The number of nitrogen functional groups attached to an aromatic ring is 1. The smallest absolute Gasteiger partial charge is 0.182 e. The molecule has 0 radical (unpaired) electrons. The van der Waals surface area contributed by atoms with E-state index in [1.807, 2.05) is 28.9 Å². The molecule has 1 aliphatic heterocycles. The van der Waals surface area contributed by atoms with Crippen molar-refractivity contribution in [2.24, 2.45) is 0 Å². The summed E-state index contributed by atoms with van der Waals surface area (Å²) in [6.07, 6.45) is 1.83. The van der Waals surface area contributed by atoms with Crippen LogP contribution in [0.3, 0.4) is 0 Å². The minimum absolute atomic E-state index is 0.132. The zero-order valence-electron chi connectivity index (χ0n) is 11.8. The van der Waals surface area contributed by atoms with E-state index in [1.54, 1.807) is 0 Å². The van der Waals surface area contributed by atoms with Gasteiger partial charge in [-0.25, -0.2) is 4.68 Å². The number of aromatic nitrogens is 4. The summed E-state index contributed by atoms with van der Waals surface area (Å²) in [6.45, 7) is 4.94. The van der Waals surface area contributed by atoms with Gasteiger partial charge in [-0.1, -0.05) is 0 Å². The van der Waals surface area contributed by atoms with Crippen LogP contribution in [0.2, 0.25) is 0 Å². The molecule has 0 spiro atoms. The average Bonchev–Trinajstić information content (AvgIpc) is 2.87. The van der Waals surface area contributed by atoms with Crippen LogP contribution in [-0.4, -0.2) is 32.4 Å². The molecule has 1 aromatic heterocycles. The Balaban J connectivity index is 1.92. The Bertz CT molecular complexity index is 590. The van der Waals surface area contributed by atoms with Gasteiger partial charge in [0.25, 0.3) is 0 Å². The van der Waals surface area contributed by atoms with Gasteiger partial charge in [0.1, 0.15) is 0 Å². The normalized spacial score (nSPS) is 21.8. The van der Waals surface area contributed by atoms with Crippen LogP contribution in [0.25, 0.3) is 11.4 Å². The zero-order valence-corrected chi connectivity index (χ0v) is 11.8. The van der Waals surface area contributed by atoms with Gasteiger partial charge in [-0.05, 0) is 61.4 Å². The third-order valence-electron chi connectivity index (χ3n) is 3.68. The Morgan fingerprint density at radius 1 is 1.30 bits per heavy atom. The van der Waals surface area contributed by atoms with E-state index in [1.165, 1.54) is 0 Å². The van der Waals surface area contributed by atoms with E-state index in [-0.39, 0.29) is 11.6 Å². The molecule has 2 N–H and O–H groups in total. The minimum Gasteiger partial charge on any atom is -0.399 e. The Kier molecular flexibility index (Phi) is 3.17. The Morgan fingerprint density at radius 3 is 2.75 bits per heavy atom. The molecule has 1 unspecified atom stereocenters. The quantitative estimate of drug-likeness (QED) is 0.847.